The van der Waals surface area contributed by atoms with Crippen LogP contribution in [0.15, 0.2) is 104 Å². The normalized spacial score (nSPS) is 12.3. The summed E-state index contributed by atoms with van der Waals surface area (Å²) in [5.74, 6) is 0.841. The Balaban J connectivity index is 1.58. The molecule has 0 fully saturated rings. The maximum absolute atomic E-state index is 4.76. The molecule has 7 heteroatoms. The first-order valence-electron chi connectivity index (χ1n) is 15.8. The number of nitrogens with zero attached hydrogens (tertiary/aromatic N) is 6. The standard InChI is InChI=1S/C40H38N6.Pt/c1-39(2,3)33-14-11-15-34(40(4,5)6)38(33)45(29-13-10-12-28(24-29)44-23-22-43(7)27-44)30-17-18-31-32-26-41-21-19-35(32)46(36(31)25-30)37-16-8-9-20-42-37;/h8-23,26H,1-7H3;/q-2;. The Hall–Kier alpha value is -4.54. The molecule has 0 atom stereocenters. The number of pyridine rings is 2. The summed E-state index contributed by atoms with van der Waals surface area (Å²) < 4.78 is 7.57. The van der Waals surface area contributed by atoms with Crippen molar-refractivity contribution >= 4 is 38.9 Å². The number of fused-ring (bicyclic) bond motifs is 3. The molecule has 47 heavy (non-hydrogen) atoms. The number of hydrogen-bond acceptors (Lipinski definition) is 3. The van der Waals surface area contributed by atoms with Gasteiger partial charge in [-0.3, -0.25) is 4.98 Å². The van der Waals surface area contributed by atoms with Crippen LogP contribution in [0, 0.1) is 15.9 Å². The van der Waals surface area contributed by atoms with Gasteiger partial charge in [0.1, 0.15) is 0 Å². The summed E-state index contributed by atoms with van der Waals surface area (Å²) in [6.07, 6.45) is 9.77. The predicted molar refractivity (Wildman–Crippen MR) is 188 cm³/mol. The third kappa shape index (κ3) is 5.49. The van der Waals surface area contributed by atoms with Crippen LogP contribution in [0.4, 0.5) is 17.1 Å². The molecule has 0 aliphatic rings. The SMILES string of the molecule is Cn1ccn(-c2[c-]c(N(c3[c-]c4c(cc3)c3cnccc3n4-c3ccccn3)c3c(C(C)(C)C)cccc3C(C)(C)C)ccc2)[c]1=[Pt]. The number of aryl methyl sites for hydroxylation is 1. The topological polar surface area (TPSA) is 43.8 Å². The van der Waals surface area contributed by atoms with Crippen molar-refractivity contribution in [2.75, 3.05) is 4.90 Å². The number of rotatable bonds is 5. The zero-order chi connectivity index (χ0) is 33.1. The second kappa shape index (κ2) is 11.6. The van der Waals surface area contributed by atoms with E-state index in [0.717, 1.165) is 54.2 Å². The first kappa shape index (κ1) is 31.1. The van der Waals surface area contributed by atoms with Crippen LogP contribution >= 0.6 is 0 Å². The van der Waals surface area contributed by atoms with Crippen LogP contribution < -0.4 is 4.90 Å². The molecule has 0 saturated heterocycles. The van der Waals surface area contributed by atoms with Gasteiger partial charge >= 0.3 is 259 Å². The van der Waals surface area contributed by atoms with E-state index in [-0.39, 0.29) is 10.8 Å². The zero-order valence-electron chi connectivity index (χ0n) is 27.8. The first-order chi connectivity index (χ1) is 22.4. The number of anilines is 3. The summed E-state index contributed by atoms with van der Waals surface area (Å²) in [5, 5.41) is 2.14. The summed E-state index contributed by atoms with van der Waals surface area (Å²) in [4.78, 5) is 11.6. The first-order valence-corrected chi connectivity index (χ1v) is 16.9. The van der Waals surface area contributed by atoms with Gasteiger partial charge in [0.2, 0.25) is 0 Å². The molecule has 4 heterocycles. The molecular formula is C40H38N6Pt-2. The number of imidazole rings is 1. The molecular weight excluding hydrogens is 760 g/mol. The summed E-state index contributed by atoms with van der Waals surface area (Å²) in [6.45, 7) is 13.7. The van der Waals surface area contributed by atoms with Crippen molar-refractivity contribution in [3.63, 3.8) is 0 Å². The van der Waals surface area contributed by atoms with Crippen molar-refractivity contribution in [1.82, 2.24) is 23.7 Å². The molecule has 7 rings (SSSR count). The zero-order valence-corrected chi connectivity index (χ0v) is 30.1. The molecule has 0 aliphatic carbocycles. The van der Waals surface area contributed by atoms with Crippen LogP contribution in [-0.2, 0) is 37.2 Å². The fourth-order valence-corrected chi connectivity index (χ4v) is 6.95. The van der Waals surface area contributed by atoms with Gasteiger partial charge in [0, 0.05) is 12.4 Å². The van der Waals surface area contributed by atoms with E-state index in [0.29, 0.717) is 0 Å². The van der Waals surface area contributed by atoms with Gasteiger partial charge in [0.05, 0.1) is 0 Å². The van der Waals surface area contributed by atoms with Crippen molar-refractivity contribution in [3.05, 3.63) is 131 Å². The maximum atomic E-state index is 4.76. The summed E-state index contributed by atoms with van der Waals surface area (Å²) in [7, 11) is 2.06. The summed E-state index contributed by atoms with van der Waals surface area (Å²) in [5.41, 5.74) is 8.24. The molecule has 0 saturated carbocycles. The van der Waals surface area contributed by atoms with Gasteiger partial charge in [0.25, 0.3) is 0 Å². The van der Waals surface area contributed by atoms with E-state index < -0.39 is 0 Å². The van der Waals surface area contributed by atoms with Crippen molar-refractivity contribution in [2.45, 2.75) is 52.4 Å². The Morgan fingerprint density at radius 2 is 1.45 bits per heavy atom. The number of para-hydroxylation sites is 1. The van der Waals surface area contributed by atoms with Crippen molar-refractivity contribution in [1.29, 1.82) is 0 Å². The van der Waals surface area contributed by atoms with Crippen LogP contribution in [0.2, 0.25) is 0 Å². The Kier molecular flexibility index (Phi) is 7.68. The Labute approximate surface area is 287 Å². The minimum absolute atomic E-state index is 0.130. The van der Waals surface area contributed by atoms with E-state index in [4.69, 9.17) is 4.98 Å². The molecule has 0 amide bonds. The quantitative estimate of drug-likeness (QED) is 0.163. The average Bonchev–Trinajstić information content (AvgIpc) is 3.56. The van der Waals surface area contributed by atoms with E-state index in [1.807, 2.05) is 36.8 Å². The van der Waals surface area contributed by atoms with Crippen molar-refractivity contribution < 1.29 is 19.4 Å². The van der Waals surface area contributed by atoms with E-state index in [1.165, 1.54) is 11.1 Å². The summed E-state index contributed by atoms with van der Waals surface area (Å²) >= 11 is 2.37. The van der Waals surface area contributed by atoms with Gasteiger partial charge in [-0.2, -0.15) is 0 Å². The fourth-order valence-electron chi connectivity index (χ4n) is 6.33. The fraction of sp³-hybridized carbons (Fsp3) is 0.225. The number of hydrogen-bond donors (Lipinski definition) is 0. The van der Waals surface area contributed by atoms with Crippen LogP contribution in [0.3, 0.4) is 0 Å². The van der Waals surface area contributed by atoms with Crippen LogP contribution in [0.5, 0.6) is 0 Å². The predicted octanol–water partition coefficient (Wildman–Crippen LogP) is 9.45. The molecule has 6 nitrogen and oxygen atoms in total. The minimum atomic E-state index is -0.130. The van der Waals surface area contributed by atoms with Gasteiger partial charge < -0.3 is 0 Å². The average molecular weight is 798 g/mol. The van der Waals surface area contributed by atoms with E-state index >= 15 is 0 Å². The van der Waals surface area contributed by atoms with Gasteiger partial charge in [-0.1, -0.05) is 6.07 Å². The Morgan fingerprint density at radius 3 is 2.11 bits per heavy atom. The van der Waals surface area contributed by atoms with Gasteiger partial charge in [0.15, 0.2) is 0 Å². The molecule has 0 spiro atoms. The van der Waals surface area contributed by atoms with Crippen molar-refractivity contribution in [3.8, 4) is 11.5 Å². The third-order valence-electron chi connectivity index (χ3n) is 8.61. The second-order valence-corrected chi connectivity index (χ2v) is 15.0. The third-order valence-corrected chi connectivity index (χ3v) is 9.96. The van der Waals surface area contributed by atoms with Gasteiger partial charge in [-0.05, 0) is 6.07 Å². The van der Waals surface area contributed by atoms with E-state index in [1.54, 1.807) is 0 Å². The van der Waals surface area contributed by atoms with Crippen LogP contribution in [-0.4, -0.2) is 23.7 Å². The number of benzene rings is 3. The second-order valence-electron chi connectivity index (χ2n) is 14.0. The van der Waals surface area contributed by atoms with Gasteiger partial charge in [-0.25, -0.2) is 0 Å². The monoisotopic (exact) mass is 797 g/mol. The van der Waals surface area contributed by atoms with Crippen LogP contribution in [0.25, 0.3) is 33.3 Å². The summed E-state index contributed by atoms with van der Waals surface area (Å²) in [6, 6.07) is 33.3. The molecule has 0 unspecified atom stereocenters. The molecule has 7 aromatic rings. The molecule has 0 N–H and O–H groups in total. The molecule has 240 valence electrons. The molecule has 3 aromatic carbocycles. The van der Waals surface area contributed by atoms with Gasteiger partial charge in [-0.15, -0.1) is 0 Å². The molecule has 0 aliphatic heterocycles. The van der Waals surface area contributed by atoms with E-state index in [2.05, 4.69) is 171 Å². The Bertz CT molecular complexity index is 2280. The molecule has 0 radical (unpaired) electrons. The molecule has 0 bridgehead atoms. The number of aromatic nitrogens is 5. The van der Waals surface area contributed by atoms with E-state index in [9.17, 15) is 0 Å². The van der Waals surface area contributed by atoms with Crippen LogP contribution in [0.1, 0.15) is 52.7 Å². The van der Waals surface area contributed by atoms with Crippen molar-refractivity contribution in [2.24, 2.45) is 7.05 Å². The molecule has 4 aromatic heterocycles. The Morgan fingerprint density at radius 1 is 0.723 bits per heavy atom.